The van der Waals surface area contributed by atoms with Gasteiger partial charge in [-0.15, -0.1) is 0 Å². The Morgan fingerprint density at radius 1 is 0.697 bits per heavy atom. The Bertz CT molecular complexity index is 722. The lowest BCUT2D eigenvalue weighted by Crippen LogP contribution is -2.23. The van der Waals surface area contributed by atoms with Gasteiger partial charge in [0.25, 0.3) is 0 Å². The van der Waals surface area contributed by atoms with Crippen molar-refractivity contribution in [2.75, 3.05) is 13.2 Å². The highest BCUT2D eigenvalue weighted by Gasteiger charge is 2.21. The summed E-state index contributed by atoms with van der Waals surface area (Å²) in [4.78, 5) is 36.0. The van der Waals surface area contributed by atoms with Crippen LogP contribution in [0.3, 0.4) is 0 Å². The van der Waals surface area contributed by atoms with Gasteiger partial charge in [-0.05, 0) is 63.6 Å². The first kappa shape index (κ1) is 31.3. The van der Waals surface area contributed by atoms with Crippen molar-refractivity contribution >= 4 is 34.4 Å². The Labute approximate surface area is 203 Å². The third-order valence-electron chi connectivity index (χ3n) is 4.70. The third-order valence-corrected chi connectivity index (χ3v) is 7.58. The zero-order chi connectivity index (χ0) is 25.5. The van der Waals surface area contributed by atoms with Crippen LogP contribution < -0.4 is 0 Å². The van der Waals surface area contributed by atoms with Crippen molar-refractivity contribution in [1.29, 1.82) is 0 Å². The van der Waals surface area contributed by atoms with Gasteiger partial charge in [0, 0.05) is 27.3 Å². The average Bonchev–Trinajstić information content (AvgIpc) is 2.69. The van der Waals surface area contributed by atoms with Gasteiger partial charge in [0.05, 0.1) is 13.2 Å². The zero-order valence-electron chi connectivity index (χ0n) is 22.2. The molecule has 0 bridgehead atoms. The number of carbonyl (C=O) groups excluding carboxylic acids is 3. The van der Waals surface area contributed by atoms with E-state index in [1.54, 1.807) is 0 Å². The highest BCUT2D eigenvalue weighted by Crippen LogP contribution is 2.21. The zero-order valence-corrected chi connectivity index (χ0v) is 24.2. The lowest BCUT2D eigenvalue weighted by atomic mass is 10.1. The minimum atomic E-state index is -1.46. The van der Waals surface area contributed by atoms with Gasteiger partial charge in [0.2, 0.25) is 0 Å². The van der Waals surface area contributed by atoms with Crippen LogP contribution in [0.25, 0.3) is 0 Å². The standard InChI is InChI=1S/C26H46O5Si2/c1-9-30-25(28)23(20-32(3,4)5)17-13-11-12-15-22(19-27)16-14-18-24(21-33(6,7)8)26(29)31-10-2/h15,17-19H,9-14,16,20-21H2,1-8H3/b22-15-,23-17+,24-18+. The van der Waals surface area contributed by atoms with Crippen molar-refractivity contribution in [2.45, 2.75) is 97.3 Å². The number of ether oxygens (including phenoxy) is 2. The molecular weight excluding hydrogens is 448 g/mol. The first-order chi connectivity index (χ1) is 15.3. The topological polar surface area (TPSA) is 69.7 Å². The predicted molar refractivity (Wildman–Crippen MR) is 143 cm³/mol. The van der Waals surface area contributed by atoms with Crippen molar-refractivity contribution in [3.63, 3.8) is 0 Å². The Morgan fingerprint density at radius 3 is 1.52 bits per heavy atom. The lowest BCUT2D eigenvalue weighted by Gasteiger charge is -2.17. The molecule has 0 spiro atoms. The maximum atomic E-state index is 12.3. The molecule has 7 heteroatoms. The van der Waals surface area contributed by atoms with Crippen molar-refractivity contribution in [3.8, 4) is 0 Å². The summed E-state index contributed by atoms with van der Waals surface area (Å²) in [5.41, 5.74) is 2.27. The van der Waals surface area contributed by atoms with Gasteiger partial charge in [-0.1, -0.05) is 57.5 Å². The first-order valence-corrected chi connectivity index (χ1v) is 19.6. The second-order valence-electron chi connectivity index (χ2n) is 10.7. The Hall–Kier alpha value is -1.74. The van der Waals surface area contributed by atoms with Crippen LogP contribution in [0.1, 0.15) is 46.0 Å². The molecule has 0 aliphatic rings. The quantitative estimate of drug-likeness (QED) is 0.0783. The van der Waals surface area contributed by atoms with Crippen LogP contribution >= 0.6 is 0 Å². The van der Waals surface area contributed by atoms with E-state index in [9.17, 15) is 14.4 Å². The van der Waals surface area contributed by atoms with Gasteiger partial charge in [0.15, 0.2) is 0 Å². The van der Waals surface area contributed by atoms with E-state index in [4.69, 9.17) is 9.47 Å². The highest BCUT2D eigenvalue weighted by atomic mass is 28.3. The number of carbonyl (C=O) groups is 3. The van der Waals surface area contributed by atoms with E-state index >= 15 is 0 Å². The van der Waals surface area contributed by atoms with Crippen LogP contribution in [0, 0.1) is 0 Å². The second-order valence-corrected chi connectivity index (χ2v) is 21.7. The summed E-state index contributed by atoms with van der Waals surface area (Å²) in [5.74, 6) is -0.439. The fourth-order valence-electron chi connectivity index (χ4n) is 3.35. The van der Waals surface area contributed by atoms with Gasteiger partial charge < -0.3 is 9.47 Å². The van der Waals surface area contributed by atoms with Gasteiger partial charge in [-0.25, -0.2) is 9.59 Å². The van der Waals surface area contributed by atoms with Crippen molar-refractivity contribution in [2.24, 2.45) is 0 Å². The third kappa shape index (κ3) is 16.5. The highest BCUT2D eigenvalue weighted by molar-refractivity contribution is 6.77. The van der Waals surface area contributed by atoms with Crippen molar-refractivity contribution < 1.29 is 23.9 Å². The van der Waals surface area contributed by atoms with Gasteiger partial charge >= 0.3 is 11.9 Å². The molecule has 0 rings (SSSR count). The summed E-state index contributed by atoms with van der Waals surface area (Å²) < 4.78 is 10.4. The summed E-state index contributed by atoms with van der Waals surface area (Å²) in [5, 5.41) is 0. The summed E-state index contributed by atoms with van der Waals surface area (Å²) >= 11 is 0. The molecule has 188 valence electrons. The summed E-state index contributed by atoms with van der Waals surface area (Å²) in [6.45, 7) is 17.8. The monoisotopic (exact) mass is 494 g/mol. The van der Waals surface area contributed by atoms with Crippen LogP contribution in [0.4, 0.5) is 0 Å². The molecule has 33 heavy (non-hydrogen) atoms. The van der Waals surface area contributed by atoms with Gasteiger partial charge in [0.1, 0.15) is 6.29 Å². The first-order valence-electron chi connectivity index (χ1n) is 12.2. The molecule has 0 fully saturated rings. The Balaban J connectivity index is 4.93. The van der Waals surface area contributed by atoms with E-state index < -0.39 is 16.1 Å². The molecule has 0 saturated carbocycles. The molecule has 5 nitrogen and oxygen atoms in total. The van der Waals surface area contributed by atoms with E-state index in [2.05, 4.69) is 39.3 Å². The number of unbranched alkanes of at least 4 members (excludes halogenated alkanes) is 2. The molecule has 0 heterocycles. The number of hydrogen-bond acceptors (Lipinski definition) is 5. The molecule has 0 amide bonds. The van der Waals surface area contributed by atoms with Crippen LogP contribution in [0.5, 0.6) is 0 Å². The van der Waals surface area contributed by atoms with Crippen LogP contribution in [-0.4, -0.2) is 47.6 Å². The van der Waals surface area contributed by atoms with Crippen molar-refractivity contribution in [3.05, 3.63) is 34.9 Å². The molecule has 0 aromatic carbocycles. The second kappa shape index (κ2) is 16.0. The molecule has 0 radical (unpaired) electrons. The van der Waals surface area contributed by atoms with E-state index in [1.807, 2.05) is 32.1 Å². The molecule has 0 N–H and O–H groups in total. The number of hydrogen-bond donors (Lipinski definition) is 0. The molecule has 0 aliphatic heterocycles. The Kier molecular flexibility index (Phi) is 15.1. The molecule has 0 aromatic rings. The SMILES string of the molecule is CCOC(=O)/C(=C/CCC/C=C(\C=O)CC/C=C(\C[Si](C)(C)C)C(=O)OCC)C[Si](C)(C)C. The smallest absolute Gasteiger partial charge is 0.333 e. The normalized spacial score (nSPS) is 13.6. The fourth-order valence-corrected chi connectivity index (χ4v) is 6.21. The van der Waals surface area contributed by atoms with Gasteiger partial charge in [-0.2, -0.15) is 0 Å². The molecule has 0 aliphatic carbocycles. The summed E-state index contributed by atoms with van der Waals surface area (Å²) in [6.07, 6.45) is 10.5. The number of aldehydes is 1. The van der Waals surface area contributed by atoms with E-state index in [-0.39, 0.29) is 11.9 Å². The van der Waals surface area contributed by atoms with Crippen molar-refractivity contribution in [1.82, 2.24) is 0 Å². The number of esters is 2. The minimum Gasteiger partial charge on any atom is -0.463 e. The largest absolute Gasteiger partial charge is 0.463 e. The predicted octanol–water partition coefficient (Wildman–Crippen LogP) is 6.72. The number of rotatable bonds is 16. The van der Waals surface area contributed by atoms with E-state index in [0.717, 1.165) is 54.4 Å². The molecule has 0 unspecified atom stereocenters. The van der Waals surface area contributed by atoms with E-state index in [0.29, 0.717) is 26.1 Å². The maximum Gasteiger partial charge on any atom is 0.333 e. The minimum absolute atomic E-state index is 0.202. The van der Waals surface area contributed by atoms with Gasteiger partial charge in [-0.3, -0.25) is 4.79 Å². The summed E-state index contributed by atoms with van der Waals surface area (Å²) in [6, 6.07) is 1.59. The average molecular weight is 495 g/mol. The van der Waals surface area contributed by atoms with Crippen LogP contribution in [-0.2, 0) is 23.9 Å². The molecule has 0 saturated heterocycles. The Morgan fingerprint density at radius 2 is 1.12 bits per heavy atom. The fraction of sp³-hybridized carbons (Fsp3) is 0.654. The molecule has 0 atom stereocenters. The van der Waals surface area contributed by atoms with Crippen LogP contribution in [0.2, 0.25) is 51.4 Å². The summed E-state index contributed by atoms with van der Waals surface area (Å²) in [7, 11) is -2.88. The molecule has 0 aromatic heterocycles. The number of allylic oxidation sites excluding steroid dienone is 4. The molecular formula is C26H46O5Si2. The maximum absolute atomic E-state index is 12.3. The van der Waals surface area contributed by atoms with E-state index in [1.165, 1.54) is 0 Å². The lowest BCUT2D eigenvalue weighted by molar-refractivity contribution is -0.139. The van der Waals surface area contributed by atoms with Crippen LogP contribution in [0.15, 0.2) is 34.9 Å².